The molecule has 1 heterocycles. The van der Waals surface area contributed by atoms with Gasteiger partial charge in [0.15, 0.2) is 0 Å². The van der Waals surface area contributed by atoms with Gasteiger partial charge in [-0.15, -0.1) is 11.3 Å². The zero-order chi connectivity index (χ0) is 22.1. The number of thiophene rings is 1. The molecule has 1 aromatic carbocycles. The predicted octanol–water partition coefficient (Wildman–Crippen LogP) is 3.78. The third-order valence-corrected chi connectivity index (χ3v) is 7.34. The summed E-state index contributed by atoms with van der Waals surface area (Å²) >= 11 is 7.32. The summed E-state index contributed by atoms with van der Waals surface area (Å²) in [7, 11) is -3.73. The van der Waals surface area contributed by atoms with Crippen LogP contribution in [0, 0.1) is 6.92 Å². The van der Waals surface area contributed by atoms with Crippen molar-refractivity contribution < 1.29 is 22.7 Å². The summed E-state index contributed by atoms with van der Waals surface area (Å²) in [6.45, 7) is 3.25. The van der Waals surface area contributed by atoms with Crippen LogP contribution in [0.1, 0.15) is 39.7 Å². The lowest BCUT2D eigenvalue weighted by atomic mass is 10.1. The molecule has 7 nitrogen and oxygen atoms in total. The Bertz CT molecular complexity index is 1090. The highest BCUT2D eigenvalue weighted by molar-refractivity contribution is 7.92. The van der Waals surface area contributed by atoms with Crippen molar-refractivity contribution in [1.82, 2.24) is 0 Å². The molecule has 10 heteroatoms. The quantitative estimate of drug-likeness (QED) is 0.621. The molecule has 0 saturated heterocycles. The van der Waals surface area contributed by atoms with E-state index >= 15 is 0 Å². The summed E-state index contributed by atoms with van der Waals surface area (Å²) in [5, 5.41) is 3.61. The van der Waals surface area contributed by atoms with Crippen molar-refractivity contribution in [1.29, 1.82) is 0 Å². The Morgan fingerprint density at radius 2 is 2.03 bits per heavy atom. The number of halogens is 1. The van der Waals surface area contributed by atoms with E-state index in [1.165, 1.54) is 11.3 Å². The Morgan fingerprint density at radius 3 is 2.67 bits per heavy atom. The molecule has 3 rings (SSSR count). The summed E-state index contributed by atoms with van der Waals surface area (Å²) < 4.78 is 30.9. The second-order valence-electron chi connectivity index (χ2n) is 7.03. The summed E-state index contributed by atoms with van der Waals surface area (Å²) in [6, 6.07) is 4.77. The van der Waals surface area contributed by atoms with Crippen molar-refractivity contribution in [2.45, 2.75) is 33.1 Å². The number of carbonyl (C=O) groups excluding carboxylic acids is 2. The minimum absolute atomic E-state index is 0.231. The standard InChI is InChI=1S/C20H23ClN2O5S2/c1-4-28-20(25)18-14-6-5-7-16(14)29-19(18)22-17(24)11-23(30(3,26)27)15-9-8-13(21)10-12(15)2/h8-10H,4-7,11H2,1-3H3,(H,22,24). The molecular formula is C20H23ClN2O5S2. The van der Waals surface area contributed by atoms with Crippen LogP contribution in [0.15, 0.2) is 18.2 Å². The number of ether oxygens (including phenoxy) is 1. The molecule has 0 radical (unpaired) electrons. The van der Waals surface area contributed by atoms with E-state index in [4.69, 9.17) is 16.3 Å². The van der Waals surface area contributed by atoms with Crippen LogP contribution in [0.3, 0.4) is 0 Å². The van der Waals surface area contributed by atoms with Gasteiger partial charge in [0.1, 0.15) is 11.5 Å². The number of carbonyl (C=O) groups is 2. The highest BCUT2D eigenvalue weighted by Crippen LogP contribution is 2.39. The number of fused-ring (bicyclic) bond motifs is 1. The number of esters is 1. The minimum Gasteiger partial charge on any atom is -0.462 e. The van der Waals surface area contributed by atoms with Gasteiger partial charge in [-0.25, -0.2) is 13.2 Å². The normalized spacial score (nSPS) is 13.1. The van der Waals surface area contributed by atoms with Gasteiger partial charge in [0.25, 0.3) is 0 Å². The predicted molar refractivity (Wildman–Crippen MR) is 119 cm³/mol. The maximum Gasteiger partial charge on any atom is 0.341 e. The van der Waals surface area contributed by atoms with Crippen LogP contribution >= 0.6 is 22.9 Å². The molecule has 0 aliphatic heterocycles. The maximum atomic E-state index is 12.8. The van der Waals surface area contributed by atoms with Gasteiger partial charge >= 0.3 is 5.97 Å². The van der Waals surface area contributed by atoms with E-state index < -0.39 is 28.4 Å². The summed E-state index contributed by atoms with van der Waals surface area (Å²) in [4.78, 5) is 26.3. The van der Waals surface area contributed by atoms with E-state index in [-0.39, 0.29) is 6.61 Å². The van der Waals surface area contributed by atoms with Crippen LogP contribution in [-0.4, -0.2) is 39.7 Å². The Hall–Kier alpha value is -2.10. The number of benzene rings is 1. The lowest BCUT2D eigenvalue weighted by Gasteiger charge is -2.23. The Labute approximate surface area is 185 Å². The fourth-order valence-electron chi connectivity index (χ4n) is 3.49. The highest BCUT2D eigenvalue weighted by atomic mass is 35.5. The SMILES string of the molecule is CCOC(=O)c1c(NC(=O)CN(c2ccc(Cl)cc2C)S(C)(=O)=O)sc2c1CCC2. The molecule has 1 aromatic heterocycles. The lowest BCUT2D eigenvalue weighted by molar-refractivity contribution is -0.114. The smallest absolute Gasteiger partial charge is 0.341 e. The molecule has 0 spiro atoms. The number of amides is 1. The molecule has 30 heavy (non-hydrogen) atoms. The molecule has 2 aromatic rings. The van der Waals surface area contributed by atoms with E-state index in [1.54, 1.807) is 32.0 Å². The van der Waals surface area contributed by atoms with E-state index in [9.17, 15) is 18.0 Å². The number of hydrogen-bond acceptors (Lipinski definition) is 6. The molecular weight excluding hydrogens is 448 g/mol. The number of sulfonamides is 1. The van der Waals surface area contributed by atoms with Crippen LogP contribution in [0.4, 0.5) is 10.7 Å². The minimum atomic E-state index is -3.73. The van der Waals surface area contributed by atoms with Crippen LogP contribution < -0.4 is 9.62 Å². The maximum absolute atomic E-state index is 12.8. The Kier molecular flexibility index (Phi) is 6.74. The van der Waals surface area contributed by atoms with Gasteiger partial charge in [0.2, 0.25) is 15.9 Å². The number of nitrogens with zero attached hydrogens (tertiary/aromatic N) is 1. The molecule has 1 aliphatic carbocycles. The average Bonchev–Trinajstić information content (AvgIpc) is 3.20. The zero-order valence-corrected chi connectivity index (χ0v) is 19.3. The molecule has 162 valence electrons. The third-order valence-electron chi connectivity index (χ3n) is 4.77. The van der Waals surface area contributed by atoms with Gasteiger partial charge in [-0.3, -0.25) is 9.10 Å². The molecule has 0 bridgehead atoms. The summed E-state index contributed by atoms with van der Waals surface area (Å²) in [5.74, 6) is -1.01. The van der Waals surface area contributed by atoms with E-state index in [2.05, 4.69) is 5.32 Å². The monoisotopic (exact) mass is 470 g/mol. The first-order chi connectivity index (χ1) is 14.1. The van der Waals surface area contributed by atoms with E-state index in [0.29, 0.717) is 26.8 Å². The van der Waals surface area contributed by atoms with Gasteiger partial charge in [0, 0.05) is 9.90 Å². The van der Waals surface area contributed by atoms with Crippen molar-refractivity contribution in [2.75, 3.05) is 29.0 Å². The average molecular weight is 471 g/mol. The topological polar surface area (TPSA) is 92.8 Å². The molecule has 1 amide bonds. The number of aryl methyl sites for hydroxylation is 2. The van der Waals surface area contributed by atoms with Crippen LogP contribution in [-0.2, 0) is 32.4 Å². The van der Waals surface area contributed by atoms with E-state index in [0.717, 1.165) is 40.3 Å². The van der Waals surface area contributed by atoms with Crippen molar-refractivity contribution in [2.24, 2.45) is 0 Å². The molecule has 0 atom stereocenters. The molecule has 0 unspecified atom stereocenters. The van der Waals surface area contributed by atoms with E-state index in [1.807, 2.05) is 0 Å². The first kappa shape index (κ1) is 22.6. The van der Waals surface area contributed by atoms with Crippen molar-refractivity contribution in [3.8, 4) is 0 Å². The van der Waals surface area contributed by atoms with Crippen LogP contribution in [0.5, 0.6) is 0 Å². The van der Waals surface area contributed by atoms with Gasteiger partial charge in [-0.05, 0) is 62.4 Å². The van der Waals surface area contributed by atoms with Crippen molar-refractivity contribution in [3.63, 3.8) is 0 Å². The van der Waals surface area contributed by atoms with Crippen molar-refractivity contribution in [3.05, 3.63) is 44.8 Å². The number of hydrogen-bond donors (Lipinski definition) is 1. The second kappa shape index (κ2) is 8.95. The van der Waals surface area contributed by atoms with Gasteiger partial charge in [-0.1, -0.05) is 11.6 Å². The third kappa shape index (κ3) is 4.79. The summed E-state index contributed by atoms with van der Waals surface area (Å²) in [6.07, 6.45) is 3.61. The lowest BCUT2D eigenvalue weighted by Crippen LogP contribution is -2.38. The largest absolute Gasteiger partial charge is 0.462 e. The first-order valence-corrected chi connectivity index (χ1v) is 12.5. The van der Waals surface area contributed by atoms with Gasteiger partial charge < -0.3 is 10.1 Å². The molecule has 1 aliphatic rings. The van der Waals surface area contributed by atoms with Crippen LogP contribution in [0.2, 0.25) is 5.02 Å². The fourth-order valence-corrected chi connectivity index (χ4v) is 5.92. The molecule has 0 fully saturated rings. The van der Waals surface area contributed by atoms with Gasteiger partial charge in [-0.2, -0.15) is 0 Å². The number of nitrogens with one attached hydrogen (secondary N) is 1. The summed E-state index contributed by atoms with van der Waals surface area (Å²) in [5.41, 5.74) is 2.30. The molecule has 0 saturated carbocycles. The zero-order valence-electron chi connectivity index (χ0n) is 17.0. The Balaban J connectivity index is 1.87. The Morgan fingerprint density at radius 1 is 1.30 bits per heavy atom. The van der Waals surface area contributed by atoms with Crippen LogP contribution in [0.25, 0.3) is 0 Å². The second-order valence-corrected chi connectivity index (χ2v) is 10.5. The first-order valence-electron chi connectivity index (χ1n) is 9.47. The highest BCUT2D eigenvalue weighted by Gasteiger charge is 2.29. The van der Waals surface area contributed by atoms with Gasteiger partial charge in [0.05, 0.1) is 24.1 Å². The van der Waals surface area contributed by atoms with Crippen molar-refractivity contribution >= 4 is 55.5 Å². The molecule has 1 N–H and O–H groups in total. The number of anilines is 2. The fraction of sp³-hybridized carbons (Fsp3) is 0.400. The number of rotatable bonds is 7.